The van der Waals surface area contributed by atoms with Crippen molar-refractivity contribution in [2.45, 2.75) is 19.9 Å². The highest BCUT2D eigenvalue weighted by molar-refractivity contribution is 6.28. The molecule has 2 heterocycles. The lowest BCUT2D eigenvalue weighted by Gasteiger charge is -2.16. The summed E-state index contributed by atoms with van der Waals surface area (Å²) in [5.74, 6) is 0.472. The van der Waals surface area contributed by atoms with Crippen molar-refractivity contribution in [3.63, 3.8) is 0 Å². The standard InChI is InChI=1S/C12H17ClN6O/c1-4-5-20-12-16-10(13)15-11(17-12)18(2)7-9-6-14-19(3)8-9/h6,8H,4-5,7H2,1-3H3. The maximum atomic E-state index is 5.89. The minimum atomic E-state index is 0.124. The quantitative estimate of drug-likeness (QED) is 0.808. The van der Waals surface area contributed by atoms with E-state index in [0.29, 0.717) is 19.1 Å². The number of hydrogen-bond acceptors (Lipinski definition) is 6. The second-order valence-corrected chi connectivity index (χ2v) is 4.75. The van der Waals surface area contributed by atoms with Gasteiger partial charge in [-0.1, -0.05) is 6.92 Å². The van der Waals surface area contributed by atoms with Crippen molar-refractivity contribution in [2.75, 3.05) is 18.6 Å². The summed E-state index contributed by atoms with van der Waals surface area (Å²) in [4.78, 5) is 14.2. The van der Waals surface area contributed by atoms with Gasteiger partial charge in [-0.3, -0.25) is 4.68 Å². The Morgan fingerprint density at radius 2 is 2.15 bits per heavy atom. The largest absolute Gasteiger partial charge is 0.463 e. The first-order valence-electron chi connectivity index (χ1n) is 6.31. The van der Waals surface area contributed by atoms with Crippen molar-refractivity contribution in [3.8, 4) is 6.01 Å². The molecular formula is C12H17ClN6O. The molecule has 0 spiro atoms. The third-order valence-electron chi connectivity index (χ3n) is 2.53. The zero-order chi connectivity index (χ0) is 14.5. The second kappa shape index (κ2) is 6.51. The van der Waals surface area contributed by atoms with Crippen LogP contribution in [-0.2, 0) is 13.6 Å². The number of hydrogen-bond donors (Lipinski definition) is 0. The van der Waals surface area contributed by atoms with E-state index in [1.165, 1.54) is 0 Å². The van der Waals surface area contributed by atoms with E-state index < -0.39 is 0 Å². The van der Waals surface area contributed by atoms with Gasteiger partial charge in [-0.15, -0.1) is 0 Å². The summed E-state index contributed by atoms with van der Waals surface area (Å²) in [5, 5.41) is 4.25. The third-order valence-corrected chi connectivity index (χ3v) is 2.70. The Hall–Kier alpha value is -1.89. The maximum absolute atomic E-state index is 5.89. The van der Waals surface area contributed by atoms with Crippen molar-refractivity contribution in [1.29, 1.82) is 0 Å². The molecule has 2 rings (SSSR count). The van der Waals surface area contributed by atoms with Crippen LogP contribution in [0.5, 0.6) is 6.01 Å². The van der Waals surface area contributed by atoms with Crippen LogP contribution in [0.2, 0.25) is 5.28 Å². The molecule has 0 atom stereocenters. The van der Waals surface area contributed by atoms with Gasteiger partial charge in [0.2, 0.25) is 11.2 Å². The van der Waals surface area contributed by atoms with Crippen LogP contribution in [0, 0.1) is 0 Å². The molecule has 8 heteroatoms. The van der Waals surface area contributed by atoms with Crippen molar-refractivity contribution in [3.05, 3.63) is 23.2 Å². The molecule has 0 aromatic carbocycles. The van der Waals surface area contributed by atoms with Crippen molar-refractivity contribution in [1.82, 2.24) is 24.7 Å². The number of aromatic nitrogens is 5. The molecule has 0 saturated carbocycles. The first kappa shape index (κ1) is 14.5. The fraction of sp³-hybridized carbons (Fsp3) is 0.500. The number of nitrogens with zero attached hydrogens (tertiary/aromatic N) is 6. The van der Waals surface area contributed by atoms with E-state index in [-0.39, 0.29) is 11.3 Å². The summed E-state index contributed by atoms with van der Waals surface area (Å²) in [7, 11) is 3.75. The first-order valence-corrected chi connectivity index (χ1v) is 6.69. The first-order chi connectivity index (χ1) is 9.58. The summed E-state index contributed by atoms with van der Waals surface area (Å²) in [6, 6.07) is 0.250. The van der Waals surface area contributed by atoms with Gasteiger partial charge >= 0.3 is 6.01 Å². The second-order valence-electron chi connectivity index (χ2n) is 4.41. The van der Waals surface area contributed by atoms with Crippen molar-refractivity contribution < 1.29 is 4.74 Å². The Labute approximate surface area is 122 Å². The van der Waals surface area contributed by atoms with Crippen molar-refractivity contribution in [2.24, 2.45) is 7.05 Å². The molecule has 2 aromatic heterocycles. The van der Waals surface area contributed by atoms with Gasteiger partial charge in [-0.05, 0) is 18.0 Å². The van der Waals surface area contributed by atoms with E-state index in [4.69, 9.17) is 16.3 Å². The van der Waals surface area contributed by atoms with Gasteiger partial charge in [0, 0.05) is 32.4 Å². The Morgan fingerprint density at radius 3 is 2.80 bits per heavy atom. The lowest BCUT2D eigenvalue weighted by atomic mass is 10.3. The van der Waals surface area contributed by atoms with Crippen LogP contribution < -0.4 is 9.64 Å². The van der Waals surface area contributed by atoms with Crippen molar-refractivity contribution >= 4 is 17.5 Å². The van der Waals surface area contributed by atoms with E-state index in [1.54, 1.807) is 10.9 Å². The van der Waals surface area contributed by atoms with Gasteiger partial charge in [0.25, 0.3) is 0 Å². The average Bonchev–Trinajstić information content (AvgIpc) is 2.81. The molecule has 0 amide bonds. The molecule has 0 bridgehead atoms. The Morgan fingerprint density at radius 1 is 1.35 bits per heavy atom. The van der Waals surface area contributed by atoms with E-state index in [0.717, 1.165) is 12.0 Å². The lowest BCUT2D eigenvalue weighted by molar-refractivity contribution is 0.291. The number of anilines is 1. The summed E-state index contributed by atoms with van der Waals surface area (Å²) in [5.41, 5.74) is 1.06. The maximum Gasteiger partial charge on any atom is 0.322 e. The Bertz CT molecular complexity index is 573. The van der Waals surface area contributed by atoms with E-state index >= 15 is 0 Å². The number of aryl methyl sites for hydroxylation is 1. The highest BCUT2D eigenvalue weighted by atomic mass is 35.5. The van der Waals surface area contributed by atoms with Gasteiger partial charge < -0.3 is 9.64 Å². The summed E-state index contributed by atoms with van der Waals surface area (Å²) in [6.07, 6.45) is 4.62. The molecule has 0 fully saturated rings. The molecule has 0 aliphatic carbocycles. The highest BCUT2D eigenvalue weighted by Crippen LogP contribution is 2.16. The minimum absolute atomic E-state index is 0.124. The summed E-state index contributed by atoms with van der Waals surface area (Å²) in [6.45, 7) is 3.19. The topological polar surface area (TPSA) is 69.0 Å². The van der Waals surface area contributed by atoms with Crippen LogP contribution in [-0.4, -0.2) is 38.4 Å². The summed E-state index contributed by atoms with van der Waals surface area (Å²) < 4.78 is 7.14. The van der Waals surface area contributed by atoms with Gasteiger partial charge in [-0.2, -0.15) is 20.1 Å². The minimum Gasteiger partial charge on any atom is -0.463 e. The van der Waals surface area contributed by atoms with Gasteiger partial charge in [0.1, 0.15) is 0 Å². The predicted octanol–water partition coefficient (Wildman–Crippen LogP) is 1.68. The van der Waals surface area contributed by atoms with Gasteiger partial charge in [-0.25, -0.2) is 0 Å². The monoisotopic (exact) mass is 296 g/mol. The fourth-order valence-corrected chi connectivity index (χ4v) is 1.80. The molecule has 7 nitrogen and oxygen atoms in total. The smallest absolute Gasteiger partial charge is 0.322 e. The average molecular weight is 297 g/mol. The number of ether oxygens (including phenoxy) is 1. The van der Waals surface area contributed by atoms with E-state index in [2.05, 4.69) is 20.1 Å². The lowest BCUT2D eigenvalue weighted by Crippen LogP contribution is -2.19. The number of rotatable bonds is 6. The van der Waals surface area contributed by atoms with E-state index in [9.17, 15) is 0 Å². The summed E-state index contributed by atoms with van der Waals surface area (Å²) >= 11 is 5.89. The molecular weight excluding hydrogens is 280 g/mol. The molecule has 0 aliphatic rings. The Balaban J connectivity index is 2.12. The zero-order valence-corrected chi connectivity index (χ0v) is 12.5. The molecule has 20 heavy (non-hydrogen) atoms. The molecule has 2 aromatic rings. The normalized spacial score (nSPS) is 10.6. The fourth-order valence-electron chi connectivity index (χ4n) is 1.65. The van der Waals surface area contributed by atoms with Crippen LogP contribution in [0.3, 0.4) is 0 Å². The van der Waals surface area contributed by atoms with Crippen LogP contribution >= 0.6 is 11.6 Å². The molecule has 0 saturated heterocycles. The van der Waals surface area contributed by atoms with Crippen LogP contribution in [0.4, 0.5) is 5.95 Å². The molecule has 0 N–H and O–H groups in total. The van der Waals surface area contributed by atoms with Crippen LogP contribution in [0.1, 0.15) is 18.9 Å². The van der Waals surface area contributed by atoms with Gasteiger partial charge in [0.05, 0.1) is 12.8 Å². The van der Waals surface area contributed by atoms with Gasteiger partial charge in [0.15, 0.2) is 0 Å². The SMILES string of the molecule is CCCOc1nc(Cl)nc(N(C)Cc2cnn(C)c2)n1. The number of halogens is 1. The molecule has 0 aliphatic heterocycles. The molecule has 0 radical (unpaired) electrons. The highest BCUT2D eigenvalue weighted by Gasteiger charge is 2.11. The van der Waals surface area contributed by atoms with Crippen LogP contribution in [0.15, 0.2) is 12.4 Å². The van der Waals surface area contributed by atoms with Crippen LogP contribution in [0.25, 0.3) is 0 Å². The Kier molecular flexibility index (Phi) is 4.73. The predicted molar refractivity (Wildman–Crippen MR) is 75.9 cm³/mol. The van der Waals surface area contributed by atoms with E-state index in [1.807, 2.05) is 32.1 Å². The third kappa shape index (κ3) is 3.80. The zero-order valence-electron chi connectivity index (χ0n) is 11.7. The molecule has 108 valence electrons. The molecule has 0 unspecified atom stereocenters.